The van der Waals surface area contributed by atoms with Gasteiger partial charge in [-0.3, -0.25) is 0 Å². The van der Waals surface area contributed by atoms with Crippen molar-refractivity contribution in [3.05, 3.63) is 18.2 Å². The molecule has 1 fully saturated rings. The Hall–Kier alpha value is -1.59. The molecule has 1 N–H and O–H groups in total. The Bertz CT molecular complexity index is 454. The number of methoxy groups -OCH3 is 2. The lowest BCUT2D eigenvalue weighted by Crippen LogP contribution is -2.34. The molecular formula is C15H20F3NO2. The second-order valence-electron chi connectivity index (χ2n) is 5.35. The van der Waals surface area contributed by atoms with Crippen molar-refractivity contribution < 1.29 is 22.6 Å². The van der Waals surface area contributed by atoms with Gasteiger partial charge < -0.3 is 14.8 Å². The Morgan fingerprint density at radius 2 is 1.67 bits per heavy atom. The predicted molar refractivity (Wildman–Crippen MR) is 75.0 cm³/mol. The van der Waals surface area contributed by atoms with Crippen molar-refractivity contribution in [1.29, 1.82) is 0 Å². The van der Waals surface area contributed by atoms with Gasteiger partial charge >= 0.3 is 6.18 Å². The normalized spacial score (nSPS) is 22.7. The summed E-state index contributed by atoms with van der Waals surface area (Å²) < 4.78 is 48.8. The number of hydrogen-bond acceptors (Lipinski definition) is 3. The van der Waals surface area contributed by atoms with Gasteiger partial charge in [0.2, 0.25) is 0 Å². The van der Waals surface area contributed by atoms with Gasteiger partial charge in [-0.2, -0.15) is 13.2 Å². The number of alkyl halides is 3. The largest absolute Gasteiger partial charge is 0.497 e. The van der Waals surface area contributed by atoms with Gasteiger partial charge in [-0.05, 0) is 19.3 Å². The fourth-order valence-corrected chi connectivity index (χ4v) is 2.74. The third-order valence-corrected chi connectivity index (χ3v) is 3.86. The summed E-state index contributed by atoms with van der Waals surface area (Å²) in [7, 11) is 3.08. The fraction of sp³-hybridized carbons (Fsp3) is 0.600. The molecule has 1 aromatic rings. The van der Waals surface area contributed by atoms with Gasteiger partial charge in [0.05, 0.1) is 20.1 Å². The number of ether oxygens (including phenoxy) is 2. The molecule has 0 aromatic heterocycles. The molecule has 3 nitrogen and oxygen atoms in total. The summed E-state index contributed by atoms with van der Waals surface area (Å²) >= 11 is 0. The Kier molecular flexibility index (Phi) is 4.85. The minimum absolute atomic E-state index is 0.114. The van der Waals surface area contributed by atoms with Gasteiger partial charge in [-0.1, -0.05) is 6.42 Å². The highest BCUT2D eigenvalue weighted by Gasteiger charge is 2.42. The molecule has 0 radical (unpaired) electrons. The third kappa shape index (κ3) is 4.19. The van der Waals surface area contributed by atoms with Crippen LogP contribution in [0.4, 0.5) is 18.9 Å². The van der Waals surface area contributed by atoms with Gasteiger partial charge in [0.1, 0.15) is 11.5 Å². The van der Waals surface area contributed by atoms with Crippen LogP contribution in [0, 0.1) is 5.92 Å². The van der Waals surface area contributed by atoms with Crippen LogP contribution >= 0.6 is 0 Å². The van der Waals surface area contributed by atoms with E-state index in [1.165, 1.54) is 0 Å². The van der Waals surface area contributed by atoms with Gasteiger partial charge in [-0.25, -0.2) is 0 Å². The van der Waals surface area contributed by atoms with Crippen LogP contribution in [0.25, 0.3) is 0 Å². The molecule has 0 spiro atoms. The van der Waals surface area contributed by atoms with Crippen LogP contribution in [0.5, 0.6) is 11.5 Å². The molecule has 2 rings (SSSR count). The number of hydrogen-bond donors (Lipinski definition) is 1. The summed E-state index contributed by atoms with van der Waals surface area (Å²) in [5.74, 6) is 0.0105. The molecule has 0 heterocycles. The van der Waals surface area contributed by atoms with Crippen molar-refractivity contribution in [2.24, 2.45) is 5.92 Å². The standard InChI is InChI=1S/C15H20F3NO2/c1-20-13-7-12(8-14(9-13)21-2)19-11-5-3-4-10(6-11)15(16,17)18/h7-11,19H,3-6H2,1-2H3. The van der Waals surface area contributed by atoms with Crippen molar-refractivity contribution in [2.75, 3.05) is 19.5 Å². The van der Waals surface area contributed by atoms with Crippen molar-refractivity contribution in [3.63, 3.8) is 0 Å². The lowest BCUT2D eigenvalue weighted by Gasteiger charge is -2.31. The number of rotatable bonds is 4. The fourth-order valence-electron chi connectivity index (χ4n) is 2.74. The molecule has 118 valence electrons. The highest BCUT2D eigenvalue weighted by Crippen LogP contribution is 2.38. The van der Waals surface area contributed by atoms with Crippen LogP contribution < -0.4 is 14.8 Å². The Morgan fingerprint density at radius 3 is 2.19 bits per heavy atom. The number of benzene rings is 1. The predicted octanol–water partition coefficient (Wildman–Crippen LogP) is 4.24. The highest BCUT2D eigenvalue weighted by atomic mass is 19.4. The lowest BCUT2D eigenvalue weighted by atomic mass is 9.85. The number of anilines is 1. The van der Waals surface area contributed by atoms with Crippen LogP contribution in [0.15, 0.2) is 18.2 Å². The molecular weight excluding hydrogens is 283 g/mol. The molecule has 0 aliphatic heterocycles. The SMILES string of the molecule is COc1cc(NC2CCCC(C(F)(F)F)C2)cc(OC)c1. The first-order valence-electron chi connectivity index (χ1n) is 6.98. The van der Waals surface area contributed by atoms with Crippen molar-refractivity contribution in [2.45, 2.75) is 37.9 Å². The van der Waals surface area contributed by atoms with E-state index in [2.05, 4.69) is 5.32 Å². The Balaban J connectivity index is 2.07. The number of nitrogens with one attached hydrogen (secondary N) is 1. The molecule has 0 bridgehead atoms. The minimum atomic E-state index is -4.10. The van der Waals surface area contributed by atoms with Gasteiger partial charge in [0.25, 0.3) is 0 Å². The van der Waals surface area contributed by atoms with Crippen LogP contribution in [-0.4, -0.2) is 26.4 Å². The molecule has 1 aromatic carbocycles. The Morgan fingerprint density at radius 1 is 1.05 bits per heavy atom. The molecule has 2 atom stereocenters. The first-order chi connectivity index (χ1) is 9.92. The summed E-state index contributed by atoms with van der Waals surface area (Å²) in [6.45, 7) is 0. The molecule has 0 saturated heterocycles. The maximum absolute atomic E-state index is 12.8. The van der Waals surface area contributed by atoms with Crippen molar-refractivity contribution >= 4 is 5.69 Å². The van der Waals surface area contributed by atoms with E-state index in [9.17, 15) is 13.2 Å². The first-order valence-corrected chi connectivity index (χ1v) is 6.98. The van der Waals surface area contributed by atoms with Gasteiger partial charge in [0.15, 0.2) is 0 Å². The van der Waals surface area contributed by atoms with Crippen LogP contribution in [-0.2, 0) is 0 Å². The summed E-state index contributed by atoms with van der Waals surface area (Å²) in [5, 5.41) is 3.17. The zero-order chi connectivity index (χ0) is 15.5. The maximum Gasteiger partial charge on any atom is 0.391 e. The molecule has 2 unspecified atom stereocenters. The molecule has 6 heteroatoms. The van der Waals surface area contributed by atoms with Gasteiger partial charge in [0, 0.05) is 29.9 Å². The first kappa shape index (κ1) is 15.8. The average molecular weight is 303 g/mol. The van der Waals surface area contributed by atoms with E-state index in [-0.39, 0.29) is 18.9 Å². The van der Waals surface area contributed by atoms with Crippen LogP contribution in [0.3, 0.4) is 0 Å². The van der Waals surface area contributed by atoms with E-state index >= 15 is 0 Å². The van der Waals surface area contributed by atoms with E-state index in [4.69, 9.17) is 9.47 Å². The monoisotopic (exact) mass is 303 g/mol. The van der Waals surface area contributed by atoms with E-state index in [0.29, 0.717) is 17.9 Å². The zero-order valence-electron chi connectivity index (χ0n) is 12.2. The molecule has 1 aliphatic rings. The zero-order valence-corrected chi connectivity index (χ0v) is 12.2. The molecule has 21 heavy (non-hydrogen) atoms. The summed E-state index contributed by atoms with van der Waals surface area (Å²) in [4.78, 5) is 0. The van der Waals surface area contributed by atoms with Crippen LogP contribution in [0.2, 0.25) is 0 Å². The maximum atomic E-state index is 12.8. The number of halogens is 3. The molecule has 0 amide bonds. The minimum Gasteiger partial charge on any atom is -0.497 e. The summed E-state index contributed by atoms with van der Waals surface area (Å²) in [6.07, 6.45) is -2.44. The third-order valence-electron chi connectivity index (χ3n) is 3.86. The van der Waals surface area contributed by atoms with E-state index < -0.39 is 12.1 Å². The van der Waals surface area contributed by atoms with E-state index in [0.717, 1.165) is 12.1 Å². The highest BCUT2D eigenvalue weighted by molar-refractivity contribution is 5.54. The molecule has 1 saturated carbocycles. The van der Waals surface area contributed by atoms with Crippen molar-refractivity contribution in [3.8, 4) is 11.5 Å². The van der Waals surface area contributed by atoms with E-state index in [1.807, 2.05) is 0 Å². The topological polar surface area (TPSA) is 30.5 Å². The van der Waals surface area contributed by atoms with Crippen LogP contribution in [0.1, 0.15) is 25.7 Å². The quantitative estimate of drug-likeness (QED) is 0.902. The van der Waals surface area contributed by atoms with Crippen molar-refractivity contribution in [1.82, 2.24) is 0 Å². The smallest absolute Gasteiger partial charge is 0.391 e. The average Bonchev–Trinajstić information content (AvgIpc) is 2.46. The lowest BCUT2D eigenvalue weighted by molar-refractivity contribution is -0.182. The second-order valence-corrected chi connectivity index (χ2v) is 5.35. The van der Waals surface area contributed by atoms with Gasteiger partial charge in [-0.15, -0.1) is 0 Å². The second kappa shape index (κ2) is 6.45. The van der Waals surface area contributed by atoms with E-state index in [1.54, 1.807) is 32.4 Å². The Labute approximate surface area is 122 Å². The summed E-state index contributed by atoms with van der Waals surface area (Å²) in [5.41, 5.74) is 0.721. The molecule has 1 aliphatic carbocycles. The summed E-state index contributed by atoms with van der Waals surface area (Å²) in [6, 6.07) is 5.08.